The average Bonchev–Trinajstić information content (AvgIpc) is 2.10. The molecule has 0 aromatic rings. The Morgan fingerprint density at radius 1 is 1.78 bits per heavy atom. The van der Waals surface area contributed by atoms with Gasteiger partial charge in [-0.05, 0) is 13.5 Å². The van der Waals surface area contributed by atoms with Crippen molar-refractivity contribution in [1.82, 2.24) is 4.90 Å². The Morgan fingerprint density at radius 3 is 2.67 bits per heavy atom. The van der Waals surface area contributed by atoms with Gasteiger partial charge in [-0.25, -0.2) is 0 Å². The normalized spacial score (nSPS) is 37.7. The lowest BCUT2D eigenvalue weighted by Crippen LogP contribution is -2.31. The van der Waals surface area contributed by atoms with Crippen LogP contribution in [0.4, 0.5) is 0 Å². The molecule has 0 radical (unpaired) electrons. The van der Waals surface area contributed by atoms with Gasteiger partial charge in [0.15, 0.2) is 0 Å². The smallest absolute Gasteiger partial charge is 0.0682 e. The molecule has 1 rings (SSSR count). The van der Waals surface area contributed by atoms with Crippen molar-refractivity contribution in [2.75, 3.05) is 20.1 Å². The molecule has 1 aliphatic rings. The number of nitrogens with zero attached hydrogens (tertiary/aromatic N) is 1. The average molecular weight is 130 g/mol. The summed E-state index contributed by atoms with van der Waals surface area (Å²) in [5, 5.41) is 9.10. The summed E-state index contributed by atoms with van der Waals surface area (Å²) in [5.41, 5.74) is 5.43. The second-order valence-electron chi connectivity index (χ2n) is 2.72. The quantitative estimate of drug-likeness (QED) is 0.479. The van der Waals surface area contributed by atoms with Crippen LogP contribution in [-0.4, -0.2) is 42.3 Å². The molecule has 3 nitrogen and oxygen atoms in total. The third kappa shape index (κ3) is 1.41. The van der Waals surface area contributed by atoms with Crippen LogP contribution in [0.15, 0.2) is 0 Å². The minimum atomic E-state index is -0.149. The maximum atomic E-state index is 9.10. The maximum absolute atomic E-state index is 9.10. The van der Waals surface area contributed by atoms with Crippen LogP contribution in [0.5, 0.6) is 0 Å². The summed E-state index contributed by atoms with van der Waals surface area (Å²) in [6, 6.07) is 0.403. The van der Waals surface area contributed by atoms with Gasteiger partial charge in [0.2, 0.25) is 0 Å². The summed E-state index contributed by atoms with van der Waals surface area (Å²) < 4.78 is 0. The van der Waals surface area contributed by atoms with E-state index in [1.54, 1.807) is 0 Å². The predicted octanol–water partition coefficient (Wildman–Crippen LogP) is -0.990. The van der Waals surface area contributed by atoms with Crippen molar-refractivity contribution in [3.63, 3.8) is 0 Å². The molecular formula is C6H14N2O. The van der Waals surface area contributed by atoms with Gasteiger partial charge in [0.1, 0.15) is 0 Å². The maximum Gasteiger partial charge on any atom is 0.0682 e. The van der Waals surface area contributed by atoms with E-state index in [9.17, 15) is 0 Å². The van der Waals surface area contributed by atoms with E-state index >= 15 is 0 Å². The second-order valence-corrected chi connectivity index (χ2v) is 2.72. The largest absolute Gasteiger partial charge is 0.392 e. The fourth-order valence-electron chi connectivity index (χ4n) is 1.33. The number of hydrogen-bond acceptors (Lipinski definition) is 3. The minimum Gasteiger partial charge on any atom is -0.392 e. The highest BCUT2D eigenvalue weighted by atomic mass is 16.3. The summed E-state index contributed by atoms with van der Waals surface area (Å²) in [5.74, 6) is 0. The van der Waals surface area contributed by atoms with Gasteiger partial charge in [-0.1, -0.05) is 0 Å². The summed E-state index contributed by atoms with van der Waals surface area (Å²) >= 11 is 0. The number of likely N-dealkylation sites (tertiary alicyclic amines) is 1. The highest BCUT2D eigenvalue weighted by Gasteiger charge is 2.26. The van der Waals surface area contributed by atoms with Crippen LogP contribution in [0.2, 0.25) is 0 Å². The van der Waals surface area contributed by atoms with Gasteiger partial charge in [0.05, 0.1) is 6.10 Å². The fourth-order valence-corrected chi connectivity index (χ4v) is 1.33. The van der Waals surface area contributed by atoms with Crippen molar-refractivity contribution in [3.05, 3.63) is 0 Å². The number of β-amino-alcohol motifs (C(OH)–C–C–N with tert-alkyl or cyclic N) is 1. The molecule has 0 saturated carbocycles. The first-order valence-electron chi connectivity index (χ1n) is 3.32. The Labute approximate surface area is 55.5 Å². The van der Waals surface area contributed by atoms with Gasteiger partial charge in [-0.3, -0.25) is 4.90 Å². The van der Waals surface area contributed by atoms with Gasteiger partial charge >= 0.3 is 0 Å². The molecule has 0 bridgehead atoms. The lowest BCUT2D eigenvalue weighted by molar-refractivity contribution is 0.182. The molecule has 0 aromatic heterocycles. The first kappa shape index (κ1) is 6.99. The molecule has 3 heteroatoms. The van der Waals surface area contributed by atoms with Crippen molar-refractivity contribution >= 4 is 0 Å². The van der Waals surface area contributed by atoms with Crippen molar-refractivity contribution in [3.8, 4) is 0 Å². The van der Waals surface area contributed by atoms with Gasteiger partial charge < -0.3 is 10.8 Å². The first-order valence-corrected chi connectivity index (χ1v) is 3.32. The molecule has 2 atom stereocenters. The molecule has 0 unspecified atom stereocenters. The molecular weight excluding hydrogens is 116 g/mol. The van der Waals surface area contributed by atoms with Crippen LogP contribution in [-0.2, 0) is 0 Å². The monoisotopic (exact) mass is 130 g/mol. The van der Waals surface area contributed by atoms with Crippen molar-refractivity contribution < 1.29 is 5.11 Å². The molecule has 1 heterocycles. The zero-order valence-electron chi connectivity index (χ0n) is 5.75. The van der Waals surface area contributed by atoms with Crippen molar-refractivity contribution in [2.24, 2.45) is 5.73 Å². The lowest BCUT2D eigenvalue weighted by Gasteiger charge is -2.15. The Morgan fingerprint density at radius 2 is 2.44 bits per heavy atom. The van der Waals surface area contributed by atoms with Gasteiger partial charge in [0, 0.05) is 19.1 Å². The number of hydrogen-bond donors (Lipinski definition) is 2. The Balaban J connectivity index is 2.38. The van der Waals surface area contributed by atoms with Gasteiger partial charge in [-0.2, -0.15) is 0 Å². The molecule has 54 valence electrons. The van der Waals surface area contributed by atoms with E-state index in [0.717, 1.165) is 13.0 Å². The van der Waals surface area contributed by atoms with E-state index in [2.05, 4.69) is 4.90 Å². The molecule has 1 aliphatic heterocycles. The summed E-state index contributed by atoms with van der Waals surface area (Å²) in [6.07, 6.45) is 0.691. The number of nitrogens with two attached hydrogens (primary N) is 1. The van der Waals surface area contributed by atoms with Crippen molar-refractivity contribution in [1.29, 1.82) is 0 Å². The molecule has 3 N–H and O–H groups in total. The zero-order valence-corrected chi connectivity index (χ0v) is 5.75. The number of aliphatic hydroxyl groups is 1. The Bertz CT molecular complexity index is 97.1. The highest BCUT2D eigenvalue weighted by molar-refractivity contribution is 4.82. The summed E-state index contributed by atoms with van der Waals surface area (Å²) in [6.45, 7) is 1.44. The standard InChI is InChI=1S/C6H14N2O/c1-8-4-6(9)2-5(8)3-7/h5-6,9H,2-4,7H2,1H3/t5-,6-/m1/s1. The molecule has 1 fully saturated rings. The van der Waals surface area contributed by atoms with E-state index in [4.69, 9.17) is 10.8 Å². The number of rotatable bonds is 1. The third-order valence-corrected chi connectivity index (χ3v) is 1.94. The zero-order chi connectivity index (χ0) is 6.85. The topological polar surface area (TPSA) is 49.5 Å². The molecule has 0 spiro atoms. The van der Waals surface area contributed by atoms with E-state index in [1.807, 2.05) is 7.05 Å². The Kier molecular flexibility index (Phi) is 2.05. The van der Waals surface area contributed by atoms with Crippen LogP contribution in [0.1, 0.15) is 6.42 Å². The van der Waals surface area contributed by atoms with E-state index in [0.29, 0.717) is 12.6 Å². The highest BCUT2D eigenvalue weighted by Crippen LogP contribution is 2.13. The van der Waals surface area contributed by atoms with E-state index in [-0.39, 0.29) is 6.10 Å². The predicted molar refractivity (Wildman–Crippen MR) is 36.1 cm³/mol. The van der Waals surface area contributed by atoms with Crippen molar-refractivity contribution in [2.45, 2.75) is 18.6 Å². The Hall–Kier alpha value is -0.120. The molecule has 0 amide bonds. The van der Waals surface area contributed by atoms with E-state index < -0.39 is 0 Å². The second kappa shape index (κ2) is 2.64. The SMILES string of the molecule is CN1C[C@H](O)C[C@@H]1CN. The van der Waals surface area contributed by atoms with Crippen LogP contribution in [0.25, 0.3) is 0 Å². The fraction of sp³-hybridized carbons (Fsp3) is 1.00. The van der Waals surface area contributed by atoms with Crippen LogP contribution in [0, 0.1) is 0 Å². The minimum absolute atomic E-state index is 0.149. The van der Waals surface area contributed by atoms with Gasteiger partial charge in [0.25, 0.3) is 0 Å². The van der Waals surface area contributed by atoms with Crippen LogP contribution in [0.3, 0.4) is 0 Å². The molecule has 9 heavy (non-hydrogen) atoms. The van der Waals surface area contributed by atoms with Gasteiger partial charge in [-0.15, -0.1) is 0 Å². The number of aliphatic hydroxyl groups excluding tert-OH is 1. The number of likely N-dealkylation sites (N-methyl/N-ethyl adjacent to an activating group) is 1. The van der Waals surface area contributed by atoms with Crippen LogP contribution >= 0.6 is 0 Å². The summed E-state index contributed by atoms with van der Waals surface area (Å²) in [4.78, 5) is 2.10. The lowest BCUT2D eigenvalue weighted by atomic mass is 10.2. The molecule has 0 aliphatic carbocycles. The molecule has 0 aromatic carbocycles. The van der Waals surface area contributed by atoms with E-state index in [1.165, 1.54) is 0 Å². The van der Waals surface area contributed by atoms with Crippen LogP contribution < -0.4 is 5.73 Å². The third-order valence-electron chi connectivity index (χ3n) is 1.94. The first-order chi connectivity index (χ1) is 4.24. The summed E-state index contributed by atoms with van der Waals surface area (Å²) in [7, 11) is 1.99. The molecule has 1 saturated heterocycles.